The van der Waals surface area contributed by atoms with Gasteiger partial charge >= 0.3 is 0 Å². The molecule has 1 fully saturated rings. The Bertz CT molecular complexity index is 422. The molecule has 0 saturated heterocycles. The van der Waals surface area contributed by atoms with Crippen molar-refractivity contribution in [3.8, 4) is 5.75 Å². The Morgan fingerprint density at radius 1 is 1.44 bits per heavy atom. The lowest BCUT2D eigenvalue weighted by molar-refractivity contribution is 0.150. The van der Waals surface area contributed by atoms with Crippen molar-refractivity contribution in [1.29, 1.82) is 0 Å². The van der Waals surface area contributed by atoms with E-state index in [2.05, 4.69) is 35.8 Å². The maximum Gasteiger partial charge on any atom is 0.136 e. The van der Waals surface area contributed by atoms with E-state index < -0.39 is 5.60 Å². The predicted octanol–water partition coefficient (Wildman–Crippen LogP) is 3.14. The molecule has 1 saturated carbocycles. The number of benzene rings is 1. The molecule has 0 spiro atoms. The molecule has 88 valence electrons. The lowest BCUT2D eigenvalue weighted by Gasteiger charge is -2.16. The fourth-order valence-electron chi connectivity index (χ4n) is 1.95. The van der Waals surface area contributed by atoms with Crippen LogP contribution in [0.2, 0.25) is 0 Å². The minimum Gasteiger partial charge on any atom is -0.495 e. The first-order valence-corrected chi connectivity index (χ1v) is 6.31. The highest BCUT2D eigenvalue weighted by atomic mass is 79.9. The SMILES string of the molecule is COc1c(CC2(O)CC2)cc(C)c(C)c1Br. The van der Waals surface area contributed by atoms with Crippen LogP contribution in [0.4, 0.5) is 0 Å². The van der Waals surface area contributed by atoms with Crippen LogP contribution in [-0.2, 0) is 6.42 Å². The molecule has 0 atom stereocenters. The van der Waals surface area contributed by atoms with Crippen molar-refractivity contribution < 1.29 is 9.84 Å². The fourth-order valence-corrected chi connectivity index (χ4v) is 2.68. The van der Waals surface area contributed by atoms with Crippen LogP contribution in [0.3, 0.4) is 0 Å². The Morgan fingerprint density at radius 2 is 2.06 bits per heavy atom. The Morgan fingerprint density at radius 3 is 2.56 bits per heavy atom. The van der Waals surface area contributed by atoms with Crippen molar-refractivity contribution in [2.75, 3.05) is 7.11 Å². The van der Waals surface area contributed by atoms with Gasteiger partial charge in [-0.15, -0.1) is 0 Å². The highest BCUT2D eigenvalue weighted by molar-refractivity contribution is 9.10. The molecule has 1 N–H and O–H groups in total. The zero-order valence-corrected chi connectivity index (χ0v) is 11.5. The molecule has 2 rings (SSSR count). The van der Waals surface area contributed by atoms with Crippen molar-refractivity contribution in [1.82, 2.24) is 0 Å². The summed E-state index contributed by atoms with van der Waals surface area (Å²) < 4.78 is 6.44. The Kier molecular flexibility index (Phi) is 3.01. The monoisotopic (exact) mass is 284 g/mol. The van der Waals surface area contributed by atoms with E-state index in [1.807, 2.05) is 0 Å². The number of ether oxygens (including phenoxy) is 1. The van der Waals surface area contributed by atoms with E-state index in [4.69, 9.17) is 4.74 Å². The number of hydrogen-bond acceptors (Lipinski definition) is 2. The van der Waals surface area contributed by atoms with E-state index in [1.54, 1.807) is 7.11 Å². The topological polar surface area (TPSA) is 29.5 Å². The van der Waals surface area contributed by atoms with Crippen molar-refractivity contribution in [3.63, 3.8) is 0 Å². The fraction of sp³-hybridized carbons (Fsp3) is 0.538. The van der Waals surface area contributed by atoms with Gasteiger partial charge in [-0.25, -0.2) is 0 Å². The number of methoxy groups -OCH3 is 1. The number of aryl methyl sites for hydroxylation is 1. The van der Waals surface area contributed by atoms with Crippen LogP contribution in [0, 0.1) is 13.8 Å². The van der Waals surface area contributed by atoms with Crippen molar-refractivity contribution in [2.45, 2.75) is 38.7 Å². The molecule has 0 amide bonds. The highest BCUT2D eigenvalue weighted by Gasteiger charge is 2.41. The van der Waals surface area contributed by atoms with Gasteiger partial charge in [-0.1, -0.05) is 6.07 Å². The molecule has 1 aromatic carbocycles. The quantitative estimate of drug-likeness (QED) is 0.924. The average Bonchev–Trinajstić information content (AvgIpc) is 2.93. The van der Waals surface area contributed by atoms with Crippen molar-refractivity contribution in [3.05, 3.63) is 27.2 Å². The van der Waals surface area contributed by atoms with Gasteiger partial charge in [0, 0.05) is 6.42 Å². The van der Waals surface area contributed by atoms with Gasteiger partial charge < -0.3 is 9.84 Å². The van der Waals surface area contributed by atoms with E-state index in [0.29, 0.717) is 6.42 Å². The van der Waals surface area contributed by atoms with Gasteiger partial charge in [0.2, 0.25) is 0 Å². The van der Waals surface area contributed by atoms with Crippen LogP contribution in [0.25, 0.3) is 0 Å². The molecule has 2 nitrogen and oxygen atoms in total. The molecular weight excluding hydrogens is 268 g/mol. The van der Waals surface area contributed by atoms with Crippen LogP contribution in [0.15, 0.2) is 10.5 Å². The smallest absolute Gasteiger partial charge is 0.136 e. The second kappa shape index (κ2) is 4.04. The summed E-state index contributed by atoms with van der Waals surface area (Å²) in [4.78, 5) is 0. The highest BCUT2D eigenvalue weighted by Crippen LogP contribution is 2.43. The van der Waals surface area contributed by atoms with Crippen LogP contribution in [0.5, 0.6) is 5.75 Å². The maximum atomic E-state index is 9.98. The summed E-state index contributed by atoms with van der Waals surface area (Å²) in [5, 5.41) is 9.98. The third-order valence-corrected chi connectivity index (χ3v) is 4.31. The number of hydrogen-bond donors (Lipinski definition) is 1. The summed E-state index contributed by atoms with van der Waals surface area (Å²) in [6.07, 6.45) is 2.50. The Balaban J connectivity index is 2.43. The lowest BCUT2D eigenvalue weighted by atomic mass is 10.00. The molecule has 0 heterocycles. The predicted molar refractivity (Wildman–Crippen MR) is 68.1 cm³/mol. The normalized spacial score (nSPS) is 17.3. The van der Waals surface area contributed by atoms with Crippen LogP contribution in [0.1, 0.15) is 29.5 Å². The molecule has 0 aliphatic heterocycles. The third-order valence-electron chi connectivity index (χ3n) is 3.35. The largest absolute Gasteiger partial charge is 0.495 e. The second-order valence-corrected chi connectivity index (χ2v) is 5.52. The molecule has 1 aliphatic rings. The molecular formula is C13H17BrO2. The molecule has 1 aliphatic carbocycles. The van der Waals surface area contributed by atoms with Gasteiger partial charge in [0.25, 0.3) is 0 Å². The summed E-state index contributed by atoms with van der Waals surface area (Å²) in [6.45, 7) is 4.15. The van der Waals surface area contributed by atoms with Gasteiger partial charge in [0.15, 0.2) is 0 Å². The van der Waals surface area contributed by atoms with E-state index in [9.17, 15) is 5.11 Å². The molecule has 16 heavy (non-hydrogen) atoms. The van der Waals surface area contributed by atoms with Crippen LogP contribution in [-0.4, -0.2) is 17.8 Å². The van der Waals surface area contributed by atoms with Gasteiger partial charge in [-0.3, -0.25) is 0 Å². The van der Waals surface area contributed by atoms with Gasteiger partial charge in [-0.05, 0) is 59.3 Å². The minimum atomic E-state index is -0.478. The van der Waals surface area contributed by atoms with E-state index in [-0.39, 0.29) is 0 Å². The summed E-state index contributed by atoms with van der Waals surface area (Å²) in [5.41, 5.74) is 3.04. The zero-order chi connectivity index (χ0) is 11.9. The molecule has 0 aromatic heterocycles. The maximum absolute atomic E-state index is 9.98. The second-order valence-electron chi connectivity index (χ2n) is 4.73. The van der Waals surface area contributed by atoms with E-state index in [0.717, 1.165) is 28.6 Å². The zero-order valence-electron chi connectivity index (χ0n) is 9.93. The molecule has 1 aromatic rings. The van der Waals surface area contributed by atoms with Crippen molar-refractivity contribution >= 4 is 15.9 Å². The number of aliphatic hydroxyl groups is 1. The molecule has 3 heteroatoms. The Hall–Kier alpha value is -0.540. The molecule has 0 bridgehead atoms. The van der Waals surface area contributed by atoms with E-state index in [1.165, 1.54) is 11.1 Å². The number of halogens is 1. The minimum absolute atomic E-state index is 0.478. The molecule has 0 radical (unpaired) electrons. The lowest BCUT2D eigenvalue weighted by Crippen LogP contribution is -2.12. The molecule has 0 unspecified atom stereocenters. The first-order chi connectivity index (χ1) is 7.47. The number of rotatable bonds is 3. The first-order valence-electron chi connectivity index (χ1n) is 5.52. The third kappa shape index (κ3) is 2.11. The standard InChI is InChI=1S/C13H17BrO2/c1-8-6-10(7-13(15)4-5-13)12(16-3)11(14)9(8)2/h6,15H,4-5,7H2,1-3H3. The summed E-state index contributed by atoms with van der Waals surface area (Å²) in [7, 11) is 1.68. The van der Waals surface area contributed by atoms with Crippen LogP contribution < -0.4 is 4.74 Å². The summed E-state index contributed by atoms with van der Waals surface area (Å²) in [5.74, 6) is 0.864. The van der Waals surface area contributed by atoms with E-state index >= 15 is 0 Å². The average molecular weight is 285 g/mol. The summed E-state index contributed by atoms with van der Waals surface area (Å²) >= 11 is 3.56. The Labute approximate surface area is 105 Å². The van der Waals surface area contributed by atoms with Gasteiger partial charge in [-0.2, -0.15) is 0 Å². The summed E-state index contributed by atoms with van der Waals surface area (Å²) in [6, 6.07) is 2.12. The first kappa shape index (κ1) is 11.9. The van der Waals surface area contributed by atoms with Crippen molar-refractivity contribution in [2.24, 2.45) is 0 Å². The van der Waals surface area contributed by atoms with Gasteiger partial charge in [0.05, 0.1) is 17.2 Å². The van der Waals surface area contributed by atoms with Gasteiger partial charge in [0.1, 0.15) is 5.75 Å². The van der Waals surface area contributed by atoms with Crippen LogP contribution >= 0.6 is 15.9 Å².